The van der Waals surface area contributed by atoms with Crippen LogP contribution < -0.4 is 5.32 Å². The lowest BCUT2D eigenvalue weighted by Gasteiger charge is -2.19. The predicted molar refractivity (Wildman–Crippen MR) is 95.3 cm³/mol. The van der Waals surface area contributed by atoms with Gasteiger partial charge in [-0.3, -0.25) is 4.79 Å². The van der Waals surface area contributed by atoms with Gasteiger partial charge in [0.25, 0.3) is 5.91 Å². The van der Waals surface area contributed by atoms with Gasteiger partial charge in [0.1, 0.15) is 5.69 Å². The van der Waals surface area contributed by atoms with Crippen molar-refractivity contribution in [1.29, 1.82) is 0 Å². The third-order valence-corrected chi connectivity index (χ3v) is 4.98. The molecule has 0 radical (unpaired) electrons. The van der Waals surface area contributed by atoms with Crippen molar-refractivity contribution in [2.75, 3.05) is 6.54 Å². The van der Waals surface area contributed by atoms with Crippen molar-refractivity contribution in [1.82, 2.24) is 14.9 Å². The van der Waals surface area contributed by atoms with Crippen molar-refractivity contribution in [3.63, 3.8) is 0 Å². The fraction of sp³-hybridized carbons (Fsp3) is 0.150. The molecule has 4 nitrogen and oxygen atoms in total. The zero-order chi connectivity index (χ0) is 16.1. The van der Waals surface area contributed by atoms with Gasteiger partial charge >= 0.3 is 0 Å². The normalized spacial score (nSPS) is 17.7. The second-order valence-electron chi connectivity index (χ2n) is 6.30. The molecule has 1 aliphatic rings. The van der Waals surface area contributed by atoms with Crippen molar-refractivity contribution < 1.29 is 4.79 Å². The highest BCUT2D eigenvalue weighted by molar-refractivity contribution is 6.02. The number of amides is 1. The van der Waals surface area contributed by atoms with Gasteiger partial charge in [-0.15, -0.1) is 0 Å². The van der Waals surface area contributed by atoms with E-state index in [0.29, 0.717) is 12.2 Å². The van der Waals surface area contributed by atoms with Gasteiger partial charge in [0.2, 0.25) is 0 Å². The number of carbonyl (C=O) groups excluding carboxylic acids is 1. The molecule has 1 atom stereocenters. The second-order valence-corrected chi connectivity index (χ2v) is 6.30. The van der Waals surface area contributed by atoms with Crippen molar-refractivity contribution in [2.45, 2.75) is 12.5 Å². The summed E-state index contributed by atoms with van der Waals surface area (Å²) in [4.78, 5) is 15.8. The predicted octanol–water partition coefficient (Wildman–Crippen LogP) is 3.85. The summed E-state index contributed by atoms with van der Waals surface area (Å²) in [6.07, 6.45) is 3.01. The fourth-order valence-electron chi connectivity index (χ4n) is 3.90. The van der Waals surface area contributed by atoms with E-state index in [2.05, 4.69) is 57.5 Å². The van der Waals surface area contributed by atoms with Gasteiger partial charge < -0.3 is 14.9 Å². The molecule has 2 N–H and O–H groups in total. The summed E-state index contributed by atoms with van der Waals surface area (Å²) in [6.45, 7) is 0.673. The zero-order valence-corrected chi connectivity index (χ0v) is 13.1. The number of rotatable bonds is 1. The van der Waals surface area contributed by atoms with Gasteiger partial charge in [-0.1, -0.05) is 36.4 Å². The molecule has 5 rings (SSSR count). The zero-order valence-electron chi connectivity index (χ0n) is 13.1. The molecule has 4 aromatic rings. The highest BCUT2D eigenvalue weighted by Gasteiger charge is 2.28. The Kier molecular flexibility index (Phi) is 2.80. The first-order valence-electron chi connectivity index (χ1n) is 8.27. The lowest BCUT2D eigenvalue weighted by molar-refractivity contribution is 0.0952. The van der Waals surface area contributed by atoms with Crippen LogP contribution in [0.3, 0.4) is 0 Å². The number of para-hydroxylation sites is 2. The molecule has 0 fully saturated rings. The Balaban J connectivity index is 1.81. The SMILES string of the molecule is O=C1NCC[C@@H](n2ccc3ccccc32)c2c1[nH]c1ccccc21. The third-order valence-electron chi connectivity index (χ3n) is 4.98. The van der Waals surface area contributed by atoms with Crippen LogP contribution >= 0.6 is 0 Å². The molecule has 3 heterocycles. The summed E-state index contributed by atoms with van der Waals surface area (Å²) < 4.78 is 2.30. The number of aromatic nitrogens is 2. The van der Waals surface area contributed by atoms with E-state index in [1.807, 2.05) is 18.2 Å². The van der Waals surface area contributed by atoms with Crippen molar-refractivity contribution in [3.05, 3.63) is 72.1 Å². The molecule has 0 bridgehead atoms. The summed E-state index contributed by atoms with van der Waals surface area (Å²) in [5.41, 5.74) is 4.01. The first kappa shape index (κ1) is 13.4. The third kappa shape index (κ3) is 1.83. The van der Waals surface area contributed by atoms with E-state index in [1.165, 1.54) is 10.9 Å². The molecule has 1 amide bonds. The average Bonchev–Trinajstić information content (AvgIpc) is 3.17. The van der Waals surface area contributed by atoms with E-state index in [9.17, 15) is 4.79 Å². The Bertz CT molecular complexity index is 1070. The van der Waals surface area contributed by atoms with Crippen LogP contribution in [0.5, 0.6) is 0 Å². The lowest BCUT2D eigenvalue weighted by Crippen LogP contribution is -2.23. The first-order valence-corrected chi connectivity index (χ1v) is 8.27. The summed E-state index contributed by atoms with van der Waals surface area (Å²) in [7, 11) is 0. The molecule has 0 unspecified atom stereocenters. The van der Waals surface area contributed by atoms with Crippen molar-refractivity contribution >= 4 is 27.7 Å². The number of carbonyl (C=O) groups is 1. The smallest absolute Gasteiger partial charge is 0.268 e. The minimum atomic E-state index is -0.0137. The number of benzene rings is 2. The Hall–Kier alpha value is -3.01. The number of H-pyrrole nitrogens is 1. The minimum absolute atomic E-state index is 0.0137. The number of nitrogens with zero attached hydrogens (tertiary/aromatic N) is 1. The van der Waals surface area contributed by atoms with Crippen LogP contribution in [0, 0.1) is 0 Å². The van der Waals surface area contributed by atoms with Crippen LogP contribution in [0.2, 0.25) is 0 Å². The van der Waals surface area contributed by atoms with Gasteiger partial charge in [-0.2, -0.15) is 0 Å². The van der Waals surface area contributed by atoms with Gasteiger partial charge in [0.15, 0.2) is 0 Å². The van der Waals surface area contributed by atoms with E-state index < -0.39 is 0 Å². The van der Waals surface area contributed by atoms with Crippen molar-refractivity contribution in [3.8, 4) is 0 Å². The average molecular weight is 315 g/mol. The van der Waals surface area contributed by atoms with E-state index in [0.717, 1.165) is 22.9 Å². The maximum atomic E-state index is 12.5. The topological polar surface area (TPSA) is 49.8 Å². The standard InChI is InChI=1S/C20H17N3O/c24-20-19-18(14-6-2-3-7-15(14)22-19)17(9-11-21-20)23-12-10-13-5-1-4-8-16(13)23/h1-8,10,12,17,22H,9,11H2,(H,21,24)/t17-/m1/s1. The van der Waals surface area contributed by atoms with Crippen molar-refractivity contribution in [2.24, 2.45) is 0 Å². The van der Waals surface area contributed by atoms with E-state index in [1.54, 1.807) is 0 Å². The second kappa shape index (κ2) is 4.99. The minimum Gasteiger partial charge on any atom is -0.351 e. The van der Waals surface area contributed by atoms with Crippen LogP contribution in [0.15, 0.2) is 60.8 Å². The molecule has 24 heavy (non-hydrogen) atoms. The first-order chi connectivity index (χ1) is 11.8. The molecule has 118 valence electrons. The Labute approximate surface area is 139 Å². The number of fused-ring (bicyclic) bond motifs is 4. The molecule has 0 saturated heterocycles. The Morgan fingerprint density at radius 3 is 2.79 bits per heavy atom. The van der Waals surface area contributed by atoms with Crippen LogP contribution in [0.25, 0.3) is 21.8 Å². The molecular weight excluding hydrogens is 298 g/mol. The summed E-state index contributed by atoms with van der Waals surface area (Å²) in [5.74, 6) is -0.0137. The van der Waals surface area contributed by atoms with Crippen LogP contribution in [0.4, 0.5) is 0 Å². The molecule has 0 spiro atoms. The molecule has 0 aliphatic carbocycles. The Morgan fingerprint density at radius 2 is 1.83 bits per heavy atom. The maximum Gasteiger partial charge on any atom is 0.268 e. The number of aromatic amines is 1. The molecule has 4 heteroatoms. The number of hydrogen-bond donors (Lipinski definition) is 2. The van der Waals surface area contributed by atoms with E-state index in [-0.39, 0.29) is 11.9 Å². The highest BCUT2D eigenvalue weighted by Crippen LogP contribution is 2.36. The monoisotopic (exact) mass is 315 g/mol. The summed E-state index contributed by atoms with van der Waals surface area (Å²) >= 11 is 0. The largest absolute Gasteiger partial charge is 0.351 e. The quantitative estimate of drug-likeness (QED) is 0.551. The van der Waals surface area contributed by atoms with Crippen LogP contribution in [-0.2, 0) is 0 Å². The van der Waals surface area contributed by atoms with Gasteiger partial charge in [0.05, 0.1) is 6.04 Å². The lowest BCUT2D eigenvalue weighted by atomic mass is 10.0. The van der Waals surface area contributed by atoms with Gasteiger partial charge in [-0.05, 0) is 30.0 Å². The highest BCUT2D eigenvalue weighted by atomic mass is 16.1. The maximum absolute atomic E-state index is 12.5. The molecule has 0 saturated carbocycles. The summed E-state index contributed by atoms with van der Waals surface area (Å²) in [5, 5.41) is 5.37. The Morgan fingerprint density at radius 1 is 1.00 bits per heavy atom. The molecule has 1 aliphatic heterocycles. The van der Waals surface area contributed by atoms with E-state index >= 15 is 0 Å². The molecular formula is C20H17N3O. The molecule has 2 aromatic heterocycles. The van der Waals surface area contributed by atoms with Crippen LogP contribution in [0.1, 0.15) is 28.5 Å². The van der Waals surface area contributed by atoms with Gasteiger partial charge in [0, 0.05) is 34.7 Å². The molecule has 2 aromatic carbocycles. The fourth-order valence-corrected chi connectivity index (χ4v) is 3.90. The van der Waals surface area contributed by atoms with E-state index in [4.69, 9.17) is 0 Å². The summed E-state index contributed by atoms with van der Waals surface area (Å²) in [6, 6.07) is 18.8. The van der Waals surface area contributed by atoms with Crippen LogP contribution in [-0.4, -0.2) is 22.0 Å². The number of hydrogen-bond acceptors (Lipinski definition) is 1. The van der Waals surface area contributed by atoms with Gasteiger partial charge in [-0.25, -0.2) is 0 Å². The number of nitrogens with one attached hydrogen (secondary N) is 2.